The fourth-order valence-electron chi connectivity index (χ4n) is 2.51. The lowest BCUT2D eigenvalue weighted by molar-refractivity contribution is 0.0963. The highest BCUT2D eigenvalue weighted by Crippen LogP contribution is 2.23. The molecule has 0 aromatic carbocycles. The second-order valence-corrected chi connectivity index (χ2v) is 4.56. The van der Waals surface area contributed by atoms with E-state index >= 15 is 0 Å². The number of nitrogens with two attached hydrogens (primary N) is 1. The van der Waals surface area contributed by atoms with Gasteiger partial charge in [-0.25, -0.2) is 9.97 Å². The van der Waals surface area contributed by atoms with Gasteiger partial charge in [-0.2, -0.15) is 0 Å². The maximum absolute atomic E-state index is 5.86. The molecule has 2 atom stereocenters. The summed E-state index contributed by atoms with van der Waals surface area (Å²) in [5.74, 6) is 1.58. The van der Waals surface area contributed by atoms with Crippen molar-refractivity contribution < 1.29 is 0 Å². The van der Waals surface area contributed by atoms with Crippen molar-refractivity contribution in [3.05, 3.63) is 24.3 Å². The van der Waals surface area contributed by atoms with Gasteiger partial charge in [-0.05, 0) is 31.4 Å². The zero-order chi connectivity index (χ0) is 11.4. The molecule has 0 saturated carbocycles. The Morgan fingerprint density at radius 2 is 2.19 bits per heavy atom. The summed E-state index contributed by atoms with van der Waals surface area (Å²) in [6, 6.07) is 2.33. The van der Waals surface area contributed by atoms with Crippen LogP contribution in [0.15, 0.2) is 18.5 Å². The lowest BCUT2D eigenvalue weighted by Gasteiger charge is -2.38. The monoisotopic (exact) mass is 220 g/mol. The summed E-state index contributed by atoms with van der Waals surface area (Å²) in [5, 5.41) is 0. The van der Waals surface area contributed by atoms with Crippen molar-refractivity contribution in [1.29, 1.82) is 0 Å². The molecule has 0 bridgehead atoms. The fourth-order valence-corrected chi connectivity index (χ4v) is 2.51. The minimum absolute atomic E-state index is 0.484. The van der Waals surface area contributed by atoms with Gasteiger partial charge in [0.15, 0.2) is 0 Å². The summed E-state index contributed by atoms with van der Waals surface area (Å²) in [6.45, 7) is 4.96. The van der Waals surface area contributed by atoms with E-state index in [2.05, 4.69) is 21.8 Å². The van der Waals surface area contributed by atoms with Crippen molar-refractivity contribution in [2.45, 2.75) is 32.4 Å². The Bertz CT molecular complexity index is 314. The second kappa shape index (κ2) is 5.37. The van der Waals surface area contributed by atoms with Gasteiger partial charge in [0.1, 0.15) is 5.82 Å². The molecule has 2 rings (SSSR count). The smallest absolute Gasteiger partial charge is 0.142 e. The molecule has 2 N–H and O–H groups in total. The largest absolute Gasteiger partial charge is 0.329 e. The first-order valence-corrected chi connectivity index (χ1v) is 6.01. The van der Waals surface area contributed by atoms with Crippen LogP contribution in [0.1, 0.15) is 25.6 Å². The summed E-state index contributed by atoms with van der Waals surface area (Å²) in [4.78, 5) is 11.0. The van der Waals surface area contributed by atoms with E-state index in [1.54, 1.807) is 12.4 Å². The van der Waals surface area contributed by atoms with E-state index in [0.717, 1.165) is 25.5 Å². The van der Waals surface area contributed by atoms with E-state index < -0.39 is 0 Å². The van der Waals surface area contributed by atoms with Gasteiger partial charge < -0.3 is 5.73 Å². The van der Waals surface area contributed by atoms with Gasteiger partial charge in [-0.1, -0.05) is 6.92 Å². The Balaban J connectivity index is 2.02. The molecule has 2 heterocycles. The van der Waals surface area contributed by atoms with E-state index in [9.17, 15) is 0 Å². The molecule has 4 heteroatoms. The van der Waals surface area contributed by atoms with Crippen molar-refractivity contribution in [1.82, 2.24) is 14.9 Å². The average molecular weight is 220 g/mol. The number of nitrogens with zero attached hydrogens (tertiary/aromatic N) is 3. The van der Waals surface area contributed by atoms with Crippen molar-refractivity contribution >= 4 is 0 Å². The minimum atomic E-state index is 0.484. The molecule has 0 radical (unpaired) electrons. The fraction of sp³-hybridized carbons (Fsp3) is 0.667. The molecule has 88 valence electrons. The Hall–Kier alpha value is -1.00. The zero-order valence-electron chi connectivity index (χ0n) is 9.84. The number of rotatable bonds is 3. The van der Waals surface area contributed by atoms with Crippen LogP contribution in [0.3, 0.4) is 0 Å². The van der Waals surface area contributed by atoms with Crippen LogP contribution < -0.4 is 5.73 Å². The molecular weight excluding hydrogens is 200 g/mol. The topological polar surface area (TPSA) is 55.0 Å². The quantitative estimate of drug-likeness (QED) is 0.827. The van der Waals surface area contributed by atoms with Gasteiger partial charge in [-0.3, -0.25) is 4.90 Å². The lowest BCUT2D eigenvalue weighted by Crippen LogP contribution is -2.48. The molecule has 16 heavy (non-hydrogen) atoms. The highest BCUT2D eigenvalue weighted by Gasteiger charge is 2.27. The van der Waals surface area contributed by atoms with Crippen LogP contribution in [0.25, 0.3) is 0 Å². The summed E-state index contributed by atoms with van der Waals surface area (Å²) in [6.07, 6.45) is 6.14. The predicted octanol–water partition coefficient (Wildman–Crippen LogP) is 1.04. The van der Waals surface area contributed by atoms with E-state index in [1.165, 1.54) is 12.8 Å². The average Bonchev–Trinajstić information content (AvgIpc) is 2.31. The molecule has 1 aliphatic rings. The standard InChI is InChI=1S/C12H20N4/c1-10-4-2-7-16(11(10)8-13)9-12-14-5-3-6-15-12/h3,5-6,10-11H,2,4,7-9,13H2,1H3. The molecule has 1 aliphatic heterocycles. The molecule has 4 nitrogen and oxygen atoms in total. The molecule has 2 unspecified atom stereocenters. The Morgan fingerprint density at radius 1 is 1.44 bits per heavy atom. The molecule has 1 fully saturated rings. The normalized spacial score (nSPS) is 26.9. The SMILES string of the molecule is CC1CCCN(Cc2ncccn2)C1CN. The van der Waals surface area contributed by atoms with Crippen LogP contribution in [0, 0.1) is 5.92 Å². The first kappa shape index (κ1) is 11.5. The van der Waals surface area contributed by atoms with Gasteiger partial charge in [-0.15, -0.1) is 0 Å². The van der Waals surface area contributed by atoms with E-state index in [-0.39, 0.29) is 0 Å². The Kier molecular flexibility index (Phi) is 3.85. The maximum Gasteiger partial charge on any atom is 0.142 e. The van der Waals surface area contributed by atoms with E-state index in [4.69, 9.17) is 5.73 Å². The number of aromatic nitrogens is 2. The highest BCUT2D eigenvalue weighted by atomic mass is 15.2. The highest BCUT2D eigenvalue weighted by molar-refractivity contribution is 4.91. The lowest BCUT2D eigenvalue weighted by atomic mass is 9.91. The van der Waals surface area contributed by atoms with Gasteiger partial charge in [0.2, 0.25) is 0 Å². The predicted molar refractivity (Wildman–Crippen MR) is 63.7 cm³/mol. The van der Waals surface area contributed by atoms with Crippen molar-refractivity contribution in [2.75, 3.05) is 13.1 Å². The first-order chi connectivity index (χ1) is 7.81. The van der Waals surface area contributed by atoms with Gasteiger partial charge in [0, 0.05) is 25.0 Å². The van der Waals surface area contributed by atoms with E-state index in [0.29, 0.717) is 12.0 Å². The molecule has 1 aromatic heterocycles. The van der Waals surface area contributed by atoms with Crippen LogP contribution in [0.2, 0.25) is 0 Å². The van der Waals surface area contributed by atoms with Gasteiger partial charge in [0.05, 0.1) is 6.54 Å². The zero-order valence-corrected chi connectivity index (χ0v) is 9.84. The minimum Gasteiger partial charge on any atom is -0.329 e. The third-order valence-corrected chi connectivity index (χ3v) is 3.44. The Morgan fingerprint density at radius 3 is 2.88 bits per heavy atom. The number of hydrogen-bond donors (Lipinski definition) is 1. The molecule has 0 aliphatic carbocycles. The Labute approximate surface area is 96.9 Å². The van der Waals surface area contributed by atoms with Crippen molar-refractivity contribution in [3.8, 4) is 0 Å². The van der Waals surface area contributed by atoms with Crippen LogP contribution in [-0.2, 0) is 6.54 Å². The third-order valence-electron chi connectivity index (χ3n) is 3.44. The van der Waals surface area contributed by atoms with Crippen LogP contribution in [0.4, 0.5) is 0 Å². The van der Waals surface area contributed by atoms with Gasteiger partial charge >= 0.3 is 0 Å². The molecule has 1 saturated heterocycles. The third kappa shape index (κ3) is 2.57. The van der Waals surface area contributed by atoms with Crippen LogP contribution >= 0.6 is 0 Å². The van der Waals surface area contributed by atoms with Gasteiger partial charge in [0.25, 0.3) is 0 Å². The second-order valence-electron chi connectivity index (χ2n) is 4.56. The number of likely N-dealkylation sites (tertiary alicyclic amines) is 1. The number of hydrogen-bond acceptors (Lipinski definition) is 4. The molecule has 0 amide bonds. The molecule has 0 spiro atoms. The number of piperidine rings is 1. The summed E-state index contributed by atoms with van der Waals surface area (Å²) < 4.78 is 0. The summed E-state index contributed by atoms with van der Waals surface area (Å²) >= 11 is 0. The molecular formula is C12H20N4. The van der Waals surface area contributed by atoms with E-state index in [1.807, 2.05) is 6.07 Å². The van der Waals surface area contributed by atoms with Crippen LogP contribution in [0.5, 0.6) is 0 Å². The first-order valence-electron chi connectivity index (χ1n) is 6.01. The van der Waals surface area contributed by atoms with Crippen molar-refractivity contribution in [3.63, 3.8) is 0 Å². The maximum atomic E-state index is 5.86. The van der Waals surface area contributed by atoms with Crippen molar-refractivity contribution in [2.24, 2.45) is 11.7 Å². The summed E-state index contributed by atoms with van der Waals surface area (Å²) in [7, 11) is 0. The van der Waals surface area contributed by atoms with Crippen LogP contribution in [-0.4, -0.2) is 34.0 Å². The summed E-state index contributed by atoms with van der Waals surface area (Å²) in [5.41, 5.74) is 5.86. The molecule has 1 aromatic rings.